The van der Waals surface area contributed by atoms with Crippen molar-refractivity contribution in [2.45, 2.75) is 207 Å². The van der Waals surface area contributed by atoms with E-state index in [1.807, 2.05) is 38.2 Å². The fourth-order valence-corrected chi connectivity index (χ4v) is 9.13. The zero-order valence-corrected chi connectivity index (χ0v) is 46.6. The summed E-state index contributed by atoms with van der Waals surface area (Å²) in [6.45, 7) is 40.6. The van der Waals surface area contributed by atoms with Gasteiger partial charge in [0.2, 0.25) is 0 Å². The molecule has 0 saturated heterocycles. The predicted octanol–water partition coefficient (Wildman–Crippen LogP) is 12.5. The van der Waals surface area contributed by atoms with Gasteiger partial charge in [-0.25, -0.2) is 0 Å². The molecule has 0 unspecified atom stereocenters. The first kappa shape index (κ1) is 62.5. The van der Waals surface area contributed by atoms with Gasteiger partial charge in [-0.2, -0.15) is 0 Å². The molecule has 1 N–H and O–H groups in total. The van der Waals surface area contributed by atoms with Crippen molar-refractivity contribution >= 4 is 79.3 Å². The van der Waals surface area contributed by atoms with E-state index in [-0.39, 0.29) is 63.9 Å². The Labute approximate surface area is 376 Å². The molecule has 0 radical (unpaired) electrons. The fraction of sp³-hybridized carbons (Fsp3) is 0.818. The molecular weight excluding hydrogens is 849 g/mol. The largest absolute Gasteiger partial charge is 0.466 e. The summed E-state index contributed by atoms with van der Waals surface area (Å²) in [5, 5.41) is 9.33. The lowest BCUT2D eigenvalue weighted by atomic mass is 10.2. The summed E-state index contributed by atoms with van der Waals surface area (Å²) < 4.78 is 23.7. The van der Waals surface area contributed by atoms with Gasteiger partial charge in [-0.05, 0) is 74.0 Å². The highest BCUT2D eigenvalue weighted by Crippen LogP contribution is 2.39. The van der Waals surface area contributed by atoms with Crippen molar-refractivity contribution in [3.8, 4) is 0 Å². The molecular formula is C44H90O9S2Si4. The molecule has 0 aliphatic carbocycles. The molecule has 0 bridgehead atoms. The van der Waals surface area contributed by atoms with Gasteiger partial charge in [0.05, 0.1) is 38.3 Å². The molecule has 0 aromatic carbocycles. The molecule has 0 aromatic heterocycles. The highest BCUT2D eigenvalue weighted by atomic mass is 32.2. The van der Waals surface area contributed by atoms with Crippen molar-refractivity contribution in [2.24, 2.45) is 0 Å². The number of carbonyl (C=O) groups excluding carboxylic acids is 4. The number of hydrogen-bond acceptors (Lipinski definition) is 10. The highest BCUT2D eigenvalue weighted by Gasteiger charge is 2.40. The molecule has 0 saturated carbocycles. The second kappa shape index (κ2) is 31.1. The van der Waals surface area contributed by atoms with Crippen LogP contribution < -0.4 is 0 Å². The van der Waals surface area contributed by atoms with Crippen molar-refractivity contribution in [1.82, 2.24) is 0 Å². The summed E-state index contributed by atoms with van der Waals surface area (Å²) in [5.74, 6) is 0.373. The smallest absolute Gasteiger partial charge is 0.308 e. The first-order chi connectivity index (χ1) is 26.7. The van der Waals surface area contributed by atoms with Crippen LogP contribution in [0.3, 0.4) is 0 Å². The molecule has 15 heteroatoms. The van der Waals surface area contributed by atoms with Crippen molar-refractivity contribution < 1.29 is 42.6 Å². The monoisotopic (exact) mass is 939 g/mol. The standard InChI is InChI=1S/C22H44O4SSi2.C18H38O4Si2.C4H8OS/c1-10-13-21(24)27-16-12-11-14-19(26-29(8,9)22(2,3)4)18-20(23)25-15-17-28(5,6)7;1-18(2,3)24(7,8)22-16(11-9-10-12-19)15-17(20)21-13-14-23(4,5)6;1-2-3-4(5)6/h11,14,19H,10,12-13,15-18H2,1-9H3;9,11,16,19H,10,12-15H2,1-8H3;2-3H2,1H3,(H,5,6)/b14-11+;11-9+;/t19-;16-;/m11./s1. The fourth-order valence-electron chi connectivity index (χ4n) is 4.10. The van der Waals surface area contributed by atoms with Gasteiger partial charge in [0.15, 0.2) is 26.9 Å². The van der Waals surface area contributed by atoms with Gasteiger partial charge in [0.1, 0.15) is 0 Å². The van der Waals surface area contributed by atoms with Crippen LogP contribution in [0, 0.1) is 0 Å². The molecule has 0 aliphatic rings. The van der Waals surface area contributed by atoms with Crippen LogP contribution in [0.5, 0.6) is 0 Å². The number of hydrogen-bond donors (Lipinski definition) is 2. The molecule has 0 spiro atoms. The quantitative estimate of drug-likeness (QED) is 0.0300. The number of thioether (sulfide) groups is 1. The summed E-state index contributed by atoms with van der Waals surface area (Å²) in [6, 6.07) is 1.96. The van der Waals surface area contributed by atoms with E-state index in [0.29, 0.717) is 32.5 Å². The Kier molecular flexibility index (Phi) is 33.0. The van der Waals surface area contributed by atoms with Crippen molar-refractivity contribution in [3.63, 3.8) is 0 Å². The minimum absolute atomic E-state index is 0.0162. The summed E-state index contributed by atoms with van der Waals surface area (Å²) in [5.41, 5.74) is 0. The van der Waals surface area contributed by atoms with E-state index in [2.05, 4.69) is 120 Å². The molecule has 0 aromatic rings. The molecule has 0 aliphatic heterocycles. The number of aliphatic hydroxyl groups is 1. The van der Waals surface area contributed by atoms with E-state index in [0.717, 1.165) is 37.1 Å². The Hall–Kier alpha value is -0.792. The van der Waals surface area contributed by atoms with Gasteiger partial charge in [-0.15, -0.1) is 12.6 Å². The molecule has 2 atom stereocenters. The number of esters is 2. The normalized spacial score (nSPS) is 13.9. The van der Waals surface area contributed by atoms with Crippen LogP contribution in [-0.4, -0.2) is 97.8 Å². The summed E-state index contributed by atoms with van der Waals surface area (Å²) in [4.78, 5) is 46.0. The number of rotatable bonds is 25. The third-order valence-corrected chi connectivity index (χ3v) is 23.5. The summed E-state index contributed by atoms with van der Waals surface area (Å²) in [6.07, 6.45) is 12.1. The van der Waals surface area contributed by atoms with Crippen LogP contribution in [-0.2, 0) is 37.5 Å². The molecule has 348 valence electrons. The van der Waals surface area contributed by atoms with Crippen LogP contribution >= 0.6 is 24.4 Å². The molecule has 59 heavy (non-hydrogen) atoms. The maximum absolute atomic E-state index is 12.4. The minimum Gasteiger partial charge on any atom is -0.466 e. The Morgan fingerprint density at radius 3 is 1.31 bits per heavy atom. The number of thiol groups is 1. The molecule has 9 nitrogen and oxygen atoms in total. The summed E-state index contributed by atoms with van der Waals surface area (Å²) >= 11 is 4.93. The first-order valence-electron chi connectivity index (χ1n) is 21.7. The van der Waals surface area contributed by atoms with Crippen molar-refractivity contribution in [2.75, 3.05) is 25.6 Å². The van der Waals surface area contributed by atoms with Gasteiger partial charge >= 0.3 is 11.9 Å². The SMILES string of the molecule is CC(C)(C)[Si](C)(C)O[C@H](/C=C/CCO)CC(=O)OCC[Si](C)(C)C.CCCC(=O)S.CCCC(=O)SCC/C=C/[C@H](CC(=O)OCC[Si](C)(C)C)O[Si](C)(C)C(C)(C)C. The third-order valence-electron chi connectivity index (χ3n) is 9.93. The van der Waals surface area contributed by atoms with Crippen LogP contribution in [0.15, 0.2) is 24.3 Å². The van der Waals surface area contributed by atoms with Crippen LogP contribution in [0.1, 0.15) is 107 Å². The number of aliphatic hydroxyl groups excluding tert-OH is 1. The Morgan fingerprint density at radius 1 is 0.644 bits per heavy atom. The van der Waals surface area contributed by atoms with E-state index in [1.165, 1.54) is 11.8 Å². The van der Waals surface area contributed by atoms with Gasteiger partial charge < -0.3 is 23.4 Å². The number of allylic oxidation sites excluding steroid dienone is 1. The van der Waals surface area contributed by atoms with Crippen molar-refractivity contribution in [1.29, 1.82) is 0 Å². The van der Waals surface area contributed by atoms with Gasteiger partial charge in [0.25, 0.3) is 0 Å². The van der Waals surface area contributed by atoms with Crippen LogP contribution in [0.4, 0.5) is 0 Å². The maximum Gasteiger partial charge on any atom is 0.308 e. The number of carbonyl (C=O) groups is 4. The van der Waals surface area contributed by atoms with E-state index in [4.69, 9.17) is 23.4 Å². The third kappa shape index (κ3) is 37.5. The van der Waals surface area contributed by atoms with Gasteiger partial charge in [-0.1, -0.05) is 131 Å². The predicted molar refractivity (Wildman–Crippen MR) is 267 cm³/mol. The van der Waals surface area contributed by atoms with E-state index in [1.54, 1.807) is 0 Å². The molecule has 0 heterocycles. The maximum atomic E-state index is 12.4. The van der Waals surface area contributed by atoms with Crippen LogP contribution in [0.25, 0.3) is 0 Å². The number of ether oxygens (including phenoxy) is 2. The summed E-state index contributed by atoms with van der Waals surface area (Å²) in [7, 11) is -6.39. The van der Waals surface area contributed by atoms with Gasteiger partial charge in [-0.3, -0.25) is 19.2 Å². The second-order valence-corrected chi connectivity index (χ2v) is 43.0. The highest BCUT2D eigenvalue weighted by molar-refractivity contribution is 8.13. The lowest BCUT2D eigenvalue weighted by molar-refractivity contribution is -0.145. The Balaban J connectivity index is -0.000000943. The molecule has 0 amide bonds. The van der Waals surface area contributed by atoms with Crippen molar-refractivity contribution in [3.05, 3.63) is 24.3 Å². The second-order valence-electron chi connectivity index (χ2n) is 20.6. The van der Waals surface area contributed by atoms with E-state index in [9.17, 15) is 19.2 Å². The zero-order chi connectivity index (χ0) is 46.7. The topological polar surface area (TPSA) is 125 Å². The molecule has 0 fully saturated rings. The van der Waals surface area contributed by atoms with Crippen LogP contribution in [0.2, 0.25) is 87.6 Å². The lowest BCUT2D eigenvalue weighted by Crippen LogP contribution is -2.44. The Bertz CT molecular complexity index is 1250. The zero-order valence-electron chi connectivity index (χ0n) is 40.9. The Morgan fingerprint density at radius 2 is 1.02 bits per heavy atom. The average Bonchev–Trinajstić information content (AvgIpc) is 3.02. The lowest BCUT2D eigenvalue weighted by Gasteiger charge is -2.38. The van der Waals surface area contributed by atoms with E-state index < -0.39 is 32.8 Å². The minimum atomic E-state index is -2.00. The van der Waals surface area contributed by atoms with E-state index >= 15 is 0 Å². The first-order valence-corrected chi connectivity index (χ1v) is 36.4. The average molecular weight is 940 g/mol. The molecule has 0 rings (SSSR count). The van der Waals surface area contributed by atoms with Gasteiger partial charge in [0, 0.05) is 41.3 Å².